The summed E-state index contributed by atoms with van der Waals surface area (Å²) in [7, 11) is -2.25. The summed E-state index contributed by atoms with van der Waals surface area (Å²) in [6, 6.07) is 12.9. The number of anilines is 2. The molecule has 0 aliphatic heterocycles. The van der Waals surface area contributed by atoms with Crippen LogP contribution in [-0.4, -0.2) is 26.5 Å². The number of para-hydroxylation sites is 1. The fraction of sp³-hybridized carbons (Fsp3) is 0.0714. The first kappa shape index (κ1) is 15.0. The Morgan fingerprint density at radius 3 is 2.29 bits per heavy atom. The van der Waals surface area contributed by atoms with Gasteiger partial charge in [-0.15, -0.1) is 0 Å². The standard InChI is InChI=1S/C14H14N2O4S/c1-16(10-5-3-2-4-6-10)13-8-7-11(21(15,19)20)9-12(13)14(17)18/h2-9H,1H3,(H,17,18)(H2,15,19,20). The maximum Gasteiger partial charge on any atom is 0.337 e. The van der Waals surface area contributed by atoms with Gasteiger partial charge in [0, 0.05) is 12.7 Å². The van der Waals surface area contributed by atoms with Gasteiger partial charge in [-0.25, -0.2) is 18.4 Å². The van der Waals surface area contributed by atoms with Crippen molar-refractivity contribution in [2.24, 2.45) is 5.14 Å². The Kier molecular flexibility index (Phi) is 3.97. The Labute approximate surface area is 122 Å². The van der Waals surface area contributed by atoms with E-state index in [0.717, 1.165) is 11.8 Å². The maximum atomic E-state index is 11.4. The molecule has 2 rings (SSSR count). The number of hydrogen-bond donors (Lipinski definition) is 2. The minimum Gasteiger partial charge on any atom is -0.478 e. The number of carboxylic acids is 1. The Bertz CT molecular complexity index is 773. The molecular weight excluding hydrogens is 292 g/mol. The molecule has 21 heavy (non-hydrogen) atoms. The maximum absolute atomic E-state index is 11.4. The first-order valence-corrected chi connectivity index (χ1v) is 7.54. The molecule has 0 radical (unpaired) electrons. The van der Waals surface area contributed by atoms with Crippen molar-refractivity contribution in [2.45, 2.75) is 4.90 Å². The summed E-state index contributed by atoms with van der Waals surface area (Å²) in [6.45, 7) is 0. The highest BCUT2D eigenvalue weighted by Crippen LogP contribution is 2.28. The average Bonchev–Trinajstić information content (AvgIpc) is 2.45. The van der Waals surface area contributed by atoms with Gasteiger partial charge in [0.2, 0.25) is 10.0 Å². The molecule has 0 bridgehead atoms. The SMILES string of the molecule is CN(c1ccccc1)c1ccc(S(N)(=O)=O)cc1C(=O)O. The van der Waals surface area contributed by atoms with E-state index in [-0.39, 0.29) is 10.5 Å². The highest BCUT2D eigenvalue weighted by Gasteiger charge is 2.18. The number of aromatic carboxylic acids is 1. The van der Waals surface area contributed by atoms with Crippen molar-refractivity contribution in [3.63, 3.8) is 0 Å². The molecule has 0 aliphatic rings. The van der Waals surface area contributed by atoms with Crippen molar-refractivity contribution in [1.29, 1.82) is 0 Å². The van der Waals surface area contributed by atoms with Gasteiger partial charge >= 0.3 is 5.97 Å². The van der Waals surface area contributed by atoms with E-state index >= 15 is 0 Å². The number of hydrogen-bond acceptors (Lipinski definition) is 4. The smallest absolute Gasteiger partial charge is 0.337 e. The van der Waals surface area contributed by atoms with Crippen molar-refractivity contribution in [3.8, 4) is 0 Å². The van der Waals surface area contributed by atoms with E-state index in [4.69, 9.17) is 5.14 Å². The summed E-state index contributed by atoms with van der Waals surface area (Å²) in [5.74, 6) is -1.22. The molecule has 0 spiro atoms. The van der Waals surface area contributed by atoms with Gasteiger partial charge in [-0.05, 0) is 30.3 Å². The van der Waals surface area contributed by atoms with Gasteiger partial charge in [0.05, 0.1) is 16.1 Å². The van der Waals surface area contributed by atoms with E-state index in [2.05, 4.69) is 0 Å². The second-order valence-corrected chi connectivity index (χ2v) is 5.99. The Balaban J connectivity index is 2.57. The van der Waals surface area contributed by atoms with Gasteiger partial charge in [0.25, 0.3) is 0 Å². The summed E-state index contributed by atoms with van der Waals surface area (Å²) in [6.07, 6.45) is 0. The summed E-state index contributed by atoms with van der Waals surface area (Å²) in [4.78, 5) is 12.8. The molecule has 0 amide bonds. The van der Waals surface area contributed by atoms with Crippen LogP contribution in [0.4, 0.5) is 11.4 Å². The zero-order valence-corrected chi connectivity index (χ0v) is 12.0. The highest BCUT2D eigenvalue weighted by atomic mass is 32.2. The predicted molar refractivity (Wildman–Crippen MR) is 79.3 cm³/mol. The van der Waals surface area contributed by atoms with Gasteiger partial charge in [0.1, 0.15) is 0 Å². The summed E-state index contributed by atoms with van der Waals surface area (Å²) in [5, 5.41) is 14.3. The van der Waals surface area contributed by atoms with Crippen LogP contribution in [0.3, 0.4) is 0 Å². The zero-order chi connectivity index (χ0) is 15.6. The normalized spacial score (nSPS) is 11.1. The number of sulfonamides is 1. The third-order valence-electron chi connectivity index (χ3n) is 3.03. The molecule has 0 unspecified atom stereocenters. The Hall–Kier alpha value is -2.38. The van der Waals surface area contributed by atoms with Crippen LogP contribution in [0.2, 0.25) is 0 Å². The molecule has 0 fully saturated rings. The van der Waals surface area contributed by atoms with Gasteiger partial charge in [-0.1, -0.05) is 18.2 Å². The minimum absolute atomic E-state index is 0.132. The molecule has 0 aliphatic carbocycles. The fourth-order valence-electron chi connectivity index (χ4n) is 1.95. The van der Waals surface area contributed by atoms with Crippen molar-refractivity contribution in [1.82, 2.24) is 0 Å². The highest BCUT2D eigenvalue weighted by molar-refractivity contribution is 7.89. The molecule has 0 saturated carbocycles. The van der Waals surface area contributed by atoms with Crippen LogP contribution in [0, 0.1) is 0 Å². The topological polar surface area (TPSA) is 101 Å². The van der Waals surface area contributed by atoms with Crippen LogP contribution in [0.25, 0.3) is 0 Å². The average molecular weight is 306 g/mol. The Morgan fingerprint density at radius 2 is 1.76 bits per heavy atom. The van der Waals surface area contributed by atoms with E-state index in [9.17, 15) is 18.3 Å². The predicted octanol–water partition coefficient (Wildman–Crippen LogP) is 1.80. The molecule has 110 valence electrons. The van der Waals surface area contributed by atoms with E-state index in [0.29, 0.717) is 5.69 Å². The largest absolute Gasteiger partial charge is 0.478 e. The third kappa shape index (κ3) is 3.21. The van der Waals surface area contributed by atoms with Crippen molar-refractivity contribution >= 4 is 27.4 Å². The van der Waals surface area contributed by atoms with Crippen molar-refractivity contribution < 1.29 is 18.3 Å². The number of primary sulfonamides is 1. The quantitative estimate of drug-likeness (QED) is 0.897. The lowest BCUT2D eigenvalue weighted by Crippen LogP contribution is -2.17. The number of carbonyl (C=O) groups is 1. The van der Waals surface area contributed by atoms with E-state index < -0.39 is 16.0 Å². The summed E-state index contributed by atoms with van der Waals surface area (Å²) >= 11 is 0. The molecule has 3 N–H and O–H groups in total. The molecule has 0 atom stereocenters. The van der Waals surface area contributed by atoms with Gasteiger partial charge < -0.3 is 10.0 Å². The molecule has 6 nitrogen and oxygen atoms in total. The lowest BCUT2D eigenvalue weighted by Gasteiger charge is -2.21. The second kappa shape index (κ2) is 5.55. The lowest BCUT2D eigenvalue weighted by atomic mass is 10.1. The second-order valence-electron chi connectivity index (χ2n) is 4.42. The van der Waals surface area contributed by atoms with Crippen molar-refractivity contribution in [3.05, 3.63) is 54.1 Å². The van der Waals surface area contributed by atoms with E-state index in [1.807, 2.05) is 30.3 Å². The van der Waals surface area contributed by atoms with Crippen LogP contribution >= 0.6 is 0 Å². The molecule has 0 heterocycles. The van der Waals surface area contributed by atoms with Crippen LogP contribution < -0.4 is 10.0 Å². The molecule has 0 aromatic heterocycles. The number of nitrogens with two attached hydrogens (primary N) is 1. The van der Waals surface area contributed by atoms with Gasteiger partial charge in [-0.3, -0.25) is 0 Å². The molecule has 2 aromatic rings. The Morgan fingerprint density at radius 1 is 1.14 bits per heavy atom. The van der Waals surface area contributed by atoms with Crippen LogP contribution in [0.5, 0.6) is 0 Å². The van der Waals surface area contributed by atoms with Crippen LogP contribution in [0.15, 0.2) is 53.4 Å². The molecular formula is C14H14N2O4S. The summed E-state index contributed by atoms with van der Waals surface area (Å²) < 4.78 is 22.7. The molecule has 2 aromatic carbocycles. The van der Waals surface area contributed by atoms with E-state index in [1.165, 1.54) is 12.1 Å². The van der Waals surface area contributed by atoms with Crippen LogP contribution in [-0.2, 0) is 10.0 Å². The van der Waals surface area contributed by atoms with Gasteiger partial charge in [0.15, 0.2) is 0 Å². The molecule has 0 saturated heterocycles. The first-order chi connectivity index (χ1) is 9.80. The van der Waals surface area contributed by atoms with Gasteiger partial charge in [-0.2, -0.15) is 0 Å². The first-order valence-electron chi connectivity index (χ1n) is 5.99. The minimum atomic E-state index is -3.95. The number of benzene rings is 2. The number of carboxylic acid groups (broad SMARTS) is 1. The van der Waals surface area contributed by atoms with Crippen LogP contribution in [0.1, 0.15) is 10.4 Å². The lowest BCUT2D eigenvalue weighted by molar-refractivity contribution is 0.0697. The monoisotopic (exact) mass is 306 g/mol. The third-order valence-corrected chi connectivity index (χ3v) is 3.94. The number of rotatable bonds is 4. The zero-order valence-electron chi connectivity index (χ0n) is 11.2. The van der Waals surface area contributed by atoms with E-state index in [1.54, 1.807) is 11.9 Å². The summed E-state index contributed by atoms with van der Waals surface area (Å²) in [5.41, 5.74) is 1.03. The van der Waals surface area contributed by atoms with Crippen molar-refractivity contribution in [2.75, 3.05) is 11.9 Å². The molecule has 7 heteroatoms. The number of nitrogens with zero attached hydrogens (tertiary/aromatic N) is 1. The fourth-order valence-corrected chi connectivity index (χ4v) is 2.49.